The Hall–Kier alpha value is -1.33. The minimum absolute atomic E-state index is 0.0238. The van der Waals surface area contributed by atoms with Crippen LogP contribution in [0.5, 0.6) is 0 Å². The summed E-state index contributed by atoms with van der Waals surface area (Å²) in [5, 5.41) is 7.12. The summed E-state index contributed by atoms with van der Waals surface area (Å²) < 4.78 is 6.88. The Kier molecular flexibility index (Phi) is 4.74. The number of halogens is 1. The van der Waals surface area contributed by atoms with E-state index in [0.29, 0.717) is 6.54 Å². The number of furan rings is 1. The Morgan fingerprint density at radius 2 is 2.10 bits per heavy atom. The molecule has 2 N–H and O–H groups in total. The number of nitrogens with one attached hydrogen (secondary N) is 2. The van der Waals surface area contributed by atoms with Crippen molar-refractivity contribution in [1.29, 1.82) is 0 Å². The lowest BCUT2D eigenvalue weighted by Crippen LogP contribution is -2.42. The molecule has 21 heavy (non-hydrogen) atoms. The maximum absolute atomic E-state index is 11.8. The molecule has 0 spiro atoms. The fraction of sp³-hybridized carbons (Fsp3) is 0.438. The van der Waals surface area contributed by atoms with E-state index in [1.807, 2.05) is 45.0 Å². The molecular formula is C16H21BrN2O2. The van der Waals surface area contributed by atoms with Gasteiger partial charge in [0.05, 0.1) is 11.5 Å². The molecule has 0 saturated carbocycles. The number of amides is 1. The van der Waals surface area contributed by atoms with Gasteiger partial charge in [-0.15, -0.1) is 0 Å². The lowest BCUT2D eigenvalue weighted by Gasteiger charge is -2.24. The van der Waals surface area contributed by atoms with Crippen LogP contribution in [0.2, 0.25) is 0 Å². The second kappa shape index (κ2) is 6.20. The summed E-state index contributed by atoms with van der Waals surface area (Å²) in [5.74, 6) is 0.895. The van der Waals surface area contributed by atoms with Crippen LogP contribution in [-0.2, 0) is 4.79 Å². The second-order valence-electron chi connectivity index (χ2n) is 5.90. The van der Waals surface area contributed by atoms with Crippen molar-refractivity contribution in [2.24, 2.45) is 5.41 Å². The molecule has 0 aliphatic rings. The van der Waals surface area contributed by atoms with Gasteiger partial charge in [0.2, 0.25) is 5.91 Å². The molecular weight excluding hydrogens is 332 g/mol. The molecule has 1 atom stereocenters. The molecule has 1 unspecified atom stereocenters. The number of carbonyl (C=O) groups is 1. The van der Waals surface area contributed by atoms with Crippen molar-refractivity contribution in [2.75, 3.05) is 13.6 Å². The molecule has 0 fully saturated rings. The maximum atomic E-state index is 11.8. The summed E-state index contributed by atoms with van der Waals surface area (Å²) in [7, 11) is 1.66. The van der Waals surface area contributed by atoms with E-state index in [1.165, 1.54) is 0 Å². The maximum Gasteiger partial charge on any atom is 0.226 e. The molecule has 2 aromatic rings. The molecule has 5 heteroatoms. The third-order valence-electron chi connectivity index (χ3n) is 3.62. The Labute approximate surface area is 133 Å². The normalized spacial score (nSPS) is 13.4. The van der Waals surface area contributed by atoms with Gasteiger partial charge in [0.15, 0.2) is 0 Å². The van der Waals surface area contributed by atoms with Crippen molar-refractivity contribution in [3.8, 4) is 0 Å². The predicted octanol–water partition coefficient (Wildman–Crippen LogP) is 3.62. The van der Waals surface area contributed by atoms with Crippen LogP contribution < -0.4 is 10.6 Å². The molecule has 1 amide bonds. The van der Waals surface area contributed by atoms with Crippen LogP contribution in [0, 0.1) is 5.41 Å². The number of hydrogen-bond donors (Lipinski definition) is 2. The average molecular weight is 353 g/mol. The SMILES string of the molecule is CNC(=O)C(C)(C)CNC(C)c1cc2cc(Br)ccc2o1. The molecule has 114 valence electrons. The van der Waals surface area contributed by atoms with Gasteiger partial charge >= 0.3 is 0 Å². The topological polar surface area (TPSA) is 54.3 Å². The Bertz CT molecular complexity index is 649. The van der Waals surface area contributed by atoms with Crippen LogP contribution in [-0.4, -0.2) is 19.5 Å². The van der Waals surface area contributed by atoms with Gasteiger partial charge in [-0.1, -0.05) is 15.9 Å². The van der Waals surface area contributed by atoms with Crippen molar-refractivity contribution in [3.05, 3.63) is 34.5 Å². The minimum Gasteiger partial charge on any atom is -0.459 e. The summed E-state index contributed by atoms with van der Waals surface area (Å²) in [5.41, 5.74) is 0.408. The molecule has 1 heterocycles. The third kappa shape index (κ3) is 3.66. The highest BCUT2D eigenvalue weighted by molar-refractivity contribution is 9.10. The zero-order valence-electron chi connectivity index (χ0n) is 12.8. The summed E-state index contributed by atoms with van der Waals surface area (Å²) in [4.78, 5) is 11.8. The largest absolute Gasteiger partial charge is 0.459 e. The van der Waals surface area contributed by atoms with Gasteiger partial charge in [0.25, 0.3) is 0 Å². The zero-order valence-corrected chi connectivity index (χ0v) is 14.4. The van der Waals surface area contributed by atoms with Gasteiger partial charge in [0, 0.05) is 23.5 Å². The van der Waals surface area contributed by atoms with Crippen LogP contribution in [0.1, 0.15) is 32.6 Å². The monoisotopic (exact) mass is 352 g/mol. The van der Waals surface area contributed by atoms with Gasteiger partial charge in [-0.05, 0) is 45.0 Å². The molecule has 1 aromatic carbocycles. The van der Waals surface area contributed by atoms with E-state index < -0.39 is 5.41 Å². The van der Waals surface area contributed by atoms with E-state index in [1.54, 1.807) is 7.05 Å². The first kappa shape index (κ1) is 16.0. The Balaban J connectivity index is 2.08. The Morgan fingerprint density at radius 3 is 2.76 bits per heavy atom. The highest BCUT2D eigenvalue weighted by atomic mass is 79.9. The van der Waals surface area contributed by atoms with Crippen molar-refractivity contribution >= 4 is 32.8 Å². The van der Waals surface area contributed by atoms with Crippen LogP contribution in [0.4, 0.5) is 0 Å². The molecule has 0 bridgehead atoms. The fourth-order valence-electron chi connectivity index (χ4n) is 2.18. The summed E-state index contributed by atoms with van der Waals surface area (Å²) in [6, 6.07) is 8.01. The third-order valence-corrected chi connectivity index (χ3v) is 4.11. The lowest BCUT2D eigenvalue weighted by atomic mass is 9.92. The van der Waals surface area contributed by atoms with E-state index in [9.17, 15) is 4.79 Å². The van der Waals surface area contributed by atoms with Gasteiger partial charge in [-0.2, -0.15) is 0 Å². The summed E-state index contributed by atoms with van der Waals surface area (Å²) in [6.45, 7) is 6.45. The number of fused-ring (bicyclic) bond motifs is 1. The second-order valence-corrected chi connectivity index (χ2v) is 6.81. The lowest BCUT2D eigenvalue weighted by molar-refractivity contribution is -0.128. The van der Waals surface area contributed by atoms with E-state index in [2.05, 4.69) is 26.6 Å². The number of carbonyl (C=O) groups excluding carboxylic acids is 1. The van der Waals surface area contributed by atoms with Crippen molar-refractivity contribution in [3.63, 3.8) is 0 Å². The van der Waals surface area contributed by atoms with Crippen LogP contribution in [0.15, 0.2) is 33.2 Å². The van der Waals surface area contributed by atoms with Gasteiger partial charge in [-0.3, -0.25) is 4.79 Å². The quantitative estimate of drug-likeness (QED) is 0.863. The molecule has 0 aliphatic carbocycles. The standard InChI is InChI=1S/C16H21BrN2O2/c1-10(19-9-16(2,3)15(20)18-4)14-8-11-7-12(17)5-6-13(11)21-14/h5-8,10,19H,9H2,1-4H3,(H,18,20). The predicted molar refractivity (Wildman–Crippen MR) is 88.2 cm³/mol. The molecule has 0 saturated heterocycles. The molecule has 0 aliphatic heterocycles. The van der Waals surface area contributed by atoms with Crippen LogP contribution >= 0.6 is 15.9 Å². The molecule has 0 radical (unpaired) electrons. The smallest absolute Gasteiger partial charge is 0.226 e. The molecule has 2 rings (SSSR count). The number of benzene rings is 1. The van der Waals surface area contributed by atoms with Crippen molar-refractivity contribution in [1.82, 2.24) is 10.6 Å². The first-order chi connectivity index (χ1) is 9.83. The zero-order chi connectivity index (χ0) is 15.6. The number of rotatable bonds is 5. The van der Waals surface area contributed by atoms with Gasteiger partial charge in [0.1, 0.15) is 11.3 Å². The van der Waals surface area contributed by atoms with Crippen LogP contribution in [0.25, 0.3) is 11.0 Å². The van der Waals surface area contributed by atoms with E-state index in [0.717, 1.165) is 21.2 Å². The van der Waals surface area contributed by atoms with Crippen molar-refractivity contribution < 1.29 is 9.21 Å². The average Bonchev–Trinajstić information content (AvgIpc) is 2.86. The minimum atomic E-state index is -0.460. The highest BCUT2D eigenvalue weighted by Gasteiger charge is 2.27. The van der Waals surface area contributed by atoms with Gasteiger partial charge in [-0.25, -0.2) is 0 Å². The van der Waals surface area contributed by atoms with Crippen molar-refractivity contribution in [2.45, 2.75) is 26.8 Å². The fourth-order valence-corrected chi connectivity index (χ4v) is 2.55. The molecule has 1 aromatic heterocycles. The first-order valence-electron chi connectivity index (χ1n) is 6.98. The molecule has 4 nitrogen and oxygen atoms in total. The van der Waals surface area contributed by atoms with E-state index in [4.69, 9.17) is 4.42 Å². The summed E-state index contributed by atoms with van der Waals surface area (Å²) >= 11 is 3.46. The van der Waals surface area contributed by atoms with Crippen LogP contribution in [0.3, 0.4) is 0 Å². The highest BCUT2D eigenvalue weighted by Crippen LogP contribution is 2.27. The van der Waals surface area contributed by atoms with E-state index >= 15 is 0 Å². The number of hydrogen-bond acceptors (Lipinski definition) is 3. The Morgan fingerprint density at radius 1 is 1.38 bits per heavy atom. The van der Waals surface area contributed by atoms with E-state index in [-0.39, 0.29) is 11.9 Å². The summed E-state index contributed by atoms with van der Waals surface area (Å²) in [6.07, 6.45) is 0. The first-order valence-corrected chi connectivity index (χ1v) is 7.77. The van der Waals surface area contributed by atoms with Gasteiger partial charge < -0.3 is 15.1 Å².